The van der Waals surface area contributed by atoms with E-state index in [0.717, 1.165) is 28.0 Å². The number of anilines is 1. The van der Waals surface area contributed by atoms with E-state index in [1.165, 1.54) is 24.5 Å². The number of aryl methyl sites for hydroxylation is 1. The lowest BCUT2D eigenvalue weighted by Gasteiger charge is -2.14. The molecule has 2 amide bonds. The van der Waals surface area contributed by atoms with Crippen molar-refractivity contribution in [1.82, 2.24) is 5.32 Å². The normalized spacial score (nSPS) is 12.5. The Morgan fingerprint density at radius 2 is 1.92 bits per heavy atom. The molecule has 140 valence electrons. The number of carbonyl (C=O) groups excluding carboxylic acids is 2. The number of rotatable bonds is 5. The van der Waals surface area contributed by atoms with Crippen LogP contribution in [-0.2, 0) is 20.5 Å². The second-order valence-corrected chi connectivity index (χ2v) is 6.73. The smallest absolute Gasteiger partial charge is 0.374 e. The first-order valence-corrected chi connectivity index (χ1v) is 8.38. The third-order valence-corrected chi connectivity index (χ3v) is 4.56. The molecule has 0 spiro atoms. The summed E-state index contributed by atoms with van der Waals surface area (Å²) in [6.45, 7) is 1.99. The molecular weight excluding hydrogens is 369 g/mol. The summed E-state index contributed by atoms with van der Waals surface area (Å²) in [5, 5.41) is 4.57. The quantitative estimate of drug-likeness (QED) is 0.773. The van der Waals surface area contributed by atoms with Gasteiger partial charge in [0.2, 0.25) is 0 Å². The number of ether oxygens (including phenoxy) is 1. The lowest BCUT2D eigenvalue weighted by molar-refractivity contribution is -0.137. The summed E-state index contributed by atoms with van der Waals surface area (Å²) in [5.41, 5.74) is -1.03. The van der Waals surface area contributed by atoms with Gasteiger partial charge in [0.1, 0.15) is 6.10 Å². The van der Waals surface area contributed by atoms with Gasteiger partial charge in [-0.2, -0.15) is 13.2 Å². The number of thiophene rings is 1. The van der Waals surface area contributed by atoms with Crippen molar-refractivity contribution in [3.05, 3.63) is 51.7 Å². The Morgan fingerprint density at radius 3 is 2.50 bits per heavy atom. The highest BCUT2D eigenvalue weighted by Crippen LogP contribution is 2.30. The van der Waals surface area contributed by atoms with Crippen molar-refractivity contribution in [2.75, 3.05) is 19.0 Å². The zero-order chi connectivity index (χ0) is 19.3. The lowest BCUT2D eigenvalue weighted by Crippen LogP contribution is -2.37. The van der Waals surface area contributed by atoms with E-state index in [0.29, 0.717) is 0 Å². The van der Waals surface area contributed by atoms with Crippen molar-refractivity contribution in [3.8, 4) is 0 Å². The van der Waals surface area contributed by atoms with Crippen LogP contribution < -0.4 is 10.6 Å². The summed E-state index contributed by atoms with van der Waals surface area (Å²) in [4.78, 5) is 25.7. The molecule has 2 rings (SSSR count). The highest BCUT2D eigenvalue weighted by molar-refractivity contribution is 7.12. The summed E-state index contributed by atoms with van der Waals surface area (Å²) in [7, 11) is 1.48. The summed E-state index contributed by atoms with van der Waals surface area (Å²) < 4.78 is 43.3. The van der Waals surface area contributed by atoms with E-state index in [2.05, 4.69) is 10.6 Å². The molecule has 1 aromatic heterocycles. The van der Waals surface area contributed by atoms with Gasteiger partial charge >= 0.3 is 18.0 Å². The van der Waals surface area contributed by atoms with Gasteiger partial charge in [0, 0.05) is 29.1 Å². The number of hydrogen-bond donors (Lipinski definition) is 2. The minimum atomic E-state index is -4.53. The van der Waals surface area contributed by atoms with E-state index >= 15 is 0 Å². The van der Waals surface area contributed by atoms with Gasteiger partial charge in [0.05, 0.1) is 5.56 Å². The van der Waals surface area contributed by atoms with Gasteiger partial charge in [-0.1, -0.05) is 6.07 Å². The van der Waals surface area contributed by atoms with Crippen LogP contribution in [0.15, 0.2) is 36.4 Å². The first kappa shape index (κ1) is 19.9. The maximum atomic E-state index is 12.7. The van der Waals surface area contributed by atoms with E-state index in [4.69, 9.17) is 4.74 Å². The van der Waals surface area contributed by atoms with Crippen LogP contribution in [-0.4, -0.2) is 25.5 Å². The summed E-state index contributed by atoms with van der Waals surface area (Å²) in [6, 6.07) is 7.83. The Morgan fingerprint density at radius 1 is 1.19 bits per heavy atom. The first-order valence-electron chi connectivity index (χ1n) is 7.56. The number of halogens is 3. The highest BCUT2D eigenvalue weighted by atomic mass is 32.1. The summed E-state index contributed by atoms with van der Waals surface area (Å²) in [5.74, 6) is -2.01. The van der Waals surface area contributed by atoms with Gasteiger partial charge in [-0.15, -0.1) is 11.3 Å². The van der Waals surface area contributed by atoms with E-state index in [1.807, 2.05) is 19.1 Å². The topological polar surface area (TPSA) is 67.4 Å². The first-order chi connectivity index (χ1) is 12.2. The minimum absolute atomic E-state index is 0.0608. The average molecular weight is 386 g/mol. The van der Waals surface area contributed by atoms with E-state index in [1.54, 1.807) is 0 Å². The largest absolute Gasteiger partial charge is 0.416 e. The zero-order valence-electron chi connectivity index (χ0n) is 14.0. The Kier molecular flexibility index (Phi) is 6.38. The number of amides is 2. The van der Waals surface area contributed by atoms with Crippen LogP contribution in [0.5, 0.6) is 0 Å². The monoisotopic (exact) mass is 386 g/mol. The van der Waals surface area contributed by atoms with Crippen LogP contribution >= 0.6 is 11.3 Å². The van der Waals surface area contributed by atoms with Crippen molar-refractivity contribution >= 4 is 28.8 Å². The number of hydrogen-bond acceptors (Lipinski definition) is 4. The Labute approximate surface area is 152 Å². The van der Waals surface area contributed by atoms with Crippen molar-refractivity contribution in [1.29, 1.82) is 0 Å². The van der Waals surface area contributed by atoms with E-state index < -0.39 is 29.7 Å². The van der Waals surface area contributed by atoms with Crippen molar-refractivity contribution in [2.45, 2.75) is 19.2 Å². The zero-order valence-corrected chi connectivity index (χ0v) is 14.8. The molecule has 1 heterocycles. The molecule has 0 saturated carbocycles. The molecular formula is C17H17F3N2O3S. The number of nitrogens with one attached hydrogen (secondary N) is 2. The van der Waals surface area contributed by atoms with Gasteiger partial charge in [-0.05, 0) is 37.3 Å². The third-order valence-electron chi connectivity index (χ3n) is 3.47. The van der Waals surface area contributed by atoms with Crippen LogP contribution in [0.3, 0.4) is 0 Å². The van der Waals surface area contributed by atoms with Gasteiger partial charge < -0.3 is 15.4 Å². The SMILES string of the molecule is COC(CNC(=O)C(=O)Nc1cccc(C(F)(F)F)c1)c1ccc(C)s1. The second-order valence-electron chi connectivity index (χ2n) is 5.42. The average Bonchev–Trinajstić information content (AvgIpc) is 3.01. The molecule has 1 unspecified atom stereocenters. The molecule has 0 fully saturated rings. The predicted molar refractivity (Wildman–Crippen MR) is 91.9 cm³/mol. The van der Waals surface area contributed by atoms with Crippen molar-refractivity contribution < 1.29 is 27.5 Å². The minimum Gasteiger partial charge on any atom is -0.374 e. The second kappa shape index (κ2) is 8.33. The molecule has 0 aliphatic rings. The fourth-order valence-corrected chi connectivity index (χ4v) is 3.11. The van der Waals surface area contributed by atoms with Gasteiger partial charge in [-0.25, -0.2) is 0 Å². The number of methoxy groups -OCH3 is 1. The van der Waals surface area contributed by atoms with Crippen LogP contribution in [0.25, 0.3) is 0 Å². The van der Waals surface area contributed by atoms with Gasteiger partial charge in [-0.3, -0.25) is 9.59 Å². The summed E-state index contributed by atoms with van der Waals surface area (Å²) in [6.07, 6.45) is -4.95. The van der Waals surface area contributed by atoms with Crippen molar-refractivity contribution in [3.63, 3.8) is 0 Å². The molecule has 0 aliphatic carbocycles. The van der Waals surface area contributed by atoms with Crippen LogP contribution in [0.4, 0.5) is 18.9 Å². The summed E-state index contributed by atoms with van der Waals surface area (Å²) >= 11 is 1.50. The fourth-order valence-electron chi connectivity index (χ4n) is 2.15. The molecule has 0 saturated heterocycles. The highest BCUT2D eigenvalue weighted by Gasteiger charge is 2.30. The number of benzene rings is 1. The molecule has 2 aromatic rings. The molecule has 9 heteroatoms. The molecule has 26 heavy (non-hydrogen) atoms. The van der Waals surface area contributed by atoms with Crippen LogP contribution in [0.2, 0.25) is 0 Å². The maximum Gasteiger partial charge on any atom is 0.416 e. The molecule has 0 radical (unpaired) electrons. The van der Waals surface area contributed by atoms with Gasteiger partial charge in [0.25, 0.3) is 0 Å². The fraction of sp³-hybridized carbons (Fsp3) is 0.294. The Hall–Kier alpha value is -2.39. The standard InChI is InChI=1S/C17H17F3N2O3S/c1-10-6-7-14(26-10)13(25-2)9-21-15(23)16(24)22-12-5-3-4-11(8-12)17(18,19)20/h3-8,13H,9H2,1-2H3,(H,21,23)(H,22,24). The molecule has 2 N–H and O–H groups in total. The van der Waals surface area contributed by atoms with E-state index in [9.17, 15) is 22.8 Å². The molecule has 0 aliphatic heterocycles. The third kappa shape index (κ3) is 5.30. The van der Waals surface area contributed by atoms with Crippen LogP contribution in [0, 0.1) is 6.92 Å². The molecule has 0 bridgehead atoms. The lowest BCUT2D eigenvalue weighted by atomic mass is 10.2. The predicted octanol–water partition coefficient (Wildman–Crippen LogP) is 3.52. The maximum absolute atomic E-state index is 12.7. The van der Waals surface area contributed by atoms with Gasteiger partial charge in [0.15, 0.2) is 0 Å². The van der Waals surface area contributed by atoms with Crippen molar-refractivity contribution in [2.24, 2.45) is 0 Å². The Balaban J connectivity index is 1.94. The Bertz CT molecular complexity index is 790. The number of alkyl halides is 3. The molecule has 1 aromatic carbocycles. The van der Waals surface area contributed by atoms with Crippen LogP contribution in [0.1, 0.15) is 21.4 Å². The molecule has 5 nitrogen and oxygen atoms in total. The molecule has 1 atom stereocenters. The van der Waals surface area contributed by atoms with E-state index in [-0.39, 0.29) is 12.2 Å². The number of carbonyl (C=O) groups is 2.